The molecule has 124 valence electrons. The number of hydrogen-bond donors (Lipinski definition) is 2. The van der Waals surface area contributed by atoms with E-state index in [2.05, 4.69) is 0 Å². The normalized spacial score (nSPS) is 11.0. The summed E-state index contributed by atoms with van der Waals surface area (Å²) in [4.78, 5) is 11.0. The second kappa shape index (κ2) is 8.60. The molecule has 0 aliphatic heterocycles. The number of rotatable bonds is 9. The average molecular weight is 331 g/mol. The van der Waals surface area contributed by atoms with E-state index < -0.39 is 15.7 Å². The van der Waals surface area contributed by atoms with Gasteiger partial charge in [0, 0.05) is 12.5 Å². The van der Waals surface area contributed by atoms with Gasteiger partial charge in [0.2, 0.25) is 5.91 Å². The van der Waals surface area contributed by atoms with Crippen molar-refractivity contribution in [1.29, 1.82) is 0 Å². The van der Waals surface area contributed by atoms with E-state index >= 15 is 0 Å². The van der Waals surface area contributed by atoms with Gasteiger partial charge in [-0.15, -0.1) is 0 Å². The molecule has 0 aliphatic rings. The van der Waals surface area contributed by atoms with Crippen LogP contribution >= 0.6 is 0 Å². The predicted octanol–water partition coefficient (Wildman–Crippen LogP) is 1.54. The van der Waals surface area contributed by atoms with Gasteiger partial charge in [0.1, 0.15) is 0 Å². The summed E-state index contributed by atoms with van der Waals surface area (Å²) in [6.45, 7) is 0. The van der Waals surface area contributed by atoms with Crippen molar-refractivity contribution in [3.8, 4) is 11.5 Å². The number of benzene rings is 1. The molecular weight excluding hydrogens is 310 g/mol. The van der Waals surface area contributed by atoms with E-state index in [0.717, 1.165) is 0 Å². The summed E-state index contributed by atoms with van der Waals surface area (Å²) in [5, 5.41) is 8.34. The van der Waals surface area contributed by atoms with Crippen molar-refractivity contribution in [2.75, 3.05) is 20.0 Å². The van der Waals surface area contributed by atoms with Gasteiger partial charge < -0.3 is 9.47 Å². The SMILES string of the molecule is COc1ccc(S(=O)(=O)CCCCCC(=O)NO)cc1OC. The van der Waals surface area contributed by atoms with Crippen LogP contribution in [0.25, 0.3) is 0 Å². The van der Waals surface area contributed by atoms with Crippen LogP contribution in [0.5, 0.6) is 11.5 Å². The first-order chi connectivity index (χ1) is 10.4. The molecule has 7 nitrogen and oxygen atoms in total. The number of amides is 1. The third-order valence-corrected chi connectivity index (χ3v) is 4.95. The van der Waals surface area contributed by atoms with Gasteiger partial charge in [-0.1, -0.05) is 6.42 Å². The number of ether oxygens (including phenoxy) is 2. The fraction of sp³-hybridized carbons (Fsp3) is 0.500. The topological polar surface area (TPSA) is 102 Å². The number of hydroxylamine groups is 1. The predicted molar refractivity (Wildman–Crippen MR) is 80.0 cm³/mol. The van der Waals surface area contributed by atoms with Gasteiger partial charge >= 0.3 is 0 Å². The van der Waals surface area contributed by atoms with E-state index in [1.54, 1.807) is 6.07 Å². The van der Waals surface area contributed by atoms with Crippen molar-refractivity contribution < 1.29 is 27.9 Å². The number of nitrogens with one attached hydrogen (secondary N) is 1. The first-order valence-electron chi connectivity index (χ1n) is 6.82. The summed E-state index contributed by atoms with van der Waals surface area (Å²) in [6, 6.07) is 4.47. The standard InChI is InChI=1S/C14H21NO6S/c1-20-12-8-7-11(10-13(12)21-2)22(18,19)9-5-3-4-6-14(16)15-17/h7-8,10,17H,3-6,9H2,1-2H3,(H,15,16). The monoisotopic (exact) mass is 331 g/mol. The molecule has 22 heavy (non-hydrogen) atoms. The van der Waals surface area contributed by atoms with E-state index in [9.17, 15) is 13.2 Å². The molecule has 8 heteroatoms. The van der Waals surface area contributed by atoms with Crippen LogP contribution in [0.3, 0.4) is 0 Å². The fourth-order valence-electron chi connectivity index (χ4n) is 1.94. The van der Waals surface area contributed by atoms with Gasteiger partial charge in [-0.2, -0.15) is 0 Å². The smallest absolute Gasteiger partial charge is 0.243 e. The Bertz CT molecular complexity index is 599. The molecule has 0 bridgehead atoms. The third-order valence-electron chi connectivity index (χ3n) is 3.16. The van der Waals surface area contributed by atoms with Crippen LogP contribution in [-0.2, 0) is 14.6 Å². The zero-order valence-electron chi connectivity index (χ0n) is 12.7. The molecule has 0 heterocycles. The van der Waals surface area contributed by atoms with Crippen molar-refractivity contribution in [3.63, 3.8) is 0 Å². The average Bonchev–Trinajstić information content (AvgIpc) is 2.53. The fourth-order valence-corrected chi connectivity index (χ4v) is 3.32. The molecule has 0 fully saturated rings. The highest BCUT2D eigenvalue weighted by Gasteiger charge is 2.17. The first-order valence-corrected chi connectivity index (χ1v) is 8.47. The second-order valence-corrected chi connectivity index (χ2v) is 6.79. The molecule has 0 unspecified atom stereocenters. The van der Waals surface area contributed by atoms with Crippen LogP contribution in [0.4, 0.5) is 0 Å². The van der Waals surface area contributed by atoms with Gasteiger partial charge in [-0.3, -0.25) is 10.0 Å². The van der Waals surface area contributed by atoms with Crippen molar-refractivity contribution in [1.82, 2.24) is 5.48 Å². The van der Waals surface area contributed by atoms with Crippen LogP contribution in [0.15, 0.2) is 23.1 Å². The van der Waals surface area contributed by atoms with Gasteiger partial charge in [-0.05, 0) is 25.0 Å². The number of methoxy groups -OCH3 is 2. The highest BCUT2D eigenvalue weighted by atomic mass is 32.2. The van der Waals surface area contributed by atoms with Gasteiger partial charge in [0.05, 0.1) is 24.9 Å². The molecule has 1 rings (SSSR count). The Hall–Kier alpha value is -1.80. The first kappa shape index (κ1) is 18.2. The molecule has 0 aliphatic carbocycles. The molecule has 1 aromatic carbocycles. The van der Waals surface area contributed by atoms with Crippen molar-refractivity contribution >= 4 is 15.7 Å². The van der Waals surface area contributed by atoms with Crippen molar-refractivity contribution in [2.24, 2.45) is 0 Å². The van der Waals surface area contributed by atoms with Crippen LogP contribution < -0.4 is 15.0 Å². The lowest BCUT2D eigenvalue weighted by Crippen LogP contribution is -2.17. The van der Waals surface area contributed by atoms with E-state index in [-0.39, 0.29) is 17.1 Å². The maximum atomic E-state index is 12.2. The Morgan fingerprint density at radius 2 is 1.82 bits per heavy atom. The highest BCUT2D eigenvalue weighted by Crippen LogP contribution is 2.30. The summed E-state index contributed by atoms with van der Waals surface area (Å²) in [6.07, 6.45) is 1.72. The molecule has 1 amide bonds. The van der Waals surface area contributed by atoms with E-state index in [4.69, 9.17) is 14.7 Å². The molecule has 0 spiro atoms. The zero-order chi connectivity index (χ0) is 16.6. The van der Waals surface area contributed by atoms with Crippen LogP contribution in [-0.4, -0.2) is 39.5 Å². The Balaban J connectivity index is 2.61. The lowest BCUT2D eigenvalue weighted by Gasteiger charge is -2.10. The summed E-state index contributed by atoms with van der Waals surface area (Å²) >= 11 is 0. The van der Waals surface area contributed by atoms with Crippen LogP contribution in [0.1, 0.15) is 25.7 Å². The molecule has 0 aromatic heterocycles. The second-order valence-electron chi connectivity index (χ2n) is 4.68. The largest absolute Gasteiger partial charge is 0.493 e. The highest BCUT2D eigenvalue weighted by molar-refractivity contribution is 7.91. The molecule has 0 radical (unpaired) electrons. The maximum Gasteiger partial charge on any atom is 0.243 e. The summed E-state index contributed by atoms with van der Waals surface area (Å²) in [5.41, 5.74) is 1.54. The van der Waals surface area contributed by atoms with E-state index in [1.807, 2.05) is 0 Å². The number of hydrogen-bond acceptors (Lipinski definition) is 6. The quantitative estimate of drug-likeness (QED) is 0.404. The van der Waals surface area contributed by atoms with Crippen molar-refractivity contribution in [2.45, 2.75) is 30.6 Å². The Kier molecular flexibility index (Phi) is 7.13. The minimum absolute atomic E-state index is 0.0107. The van der Waals surface area contributed by atoms with Gasteiger partial charge in [0.25, 0.3) is 0 Å². The van der Waals surface area contributed by atoms with E-state index in [0.29, 0.717) is 30.8 Å². The van der Waals surface area contributed by atoms with Crippen LogP contribution in [0, 0.1) is 0 Å². The number of carbonyl (C=O) groups is 1. The lowest BCUT2D eigenvalue weighted by molar-refractivity contribution is -0.129. The van der Waals surface area contributed by atoms with Crippen LogP contribution in [0.2, 0.25) is 0 Å². The number of unbranched alkanes of at least 4 members (excludes halogenated alkanes) is 2. The van der Waals surface area contributed by atoms with Gasteiger partial charge in [0.15, 0.2) is 21.3 Å². The molecular formula is C14H21NO6S. The summed E-state index contributed by atoms with van der Waals surface area (Å²) in [7, 11) is -0.484. The van der Waals surface area contributed by atoms with E-state index in [1.165, 1.54) is 31.8 Å². The molecule has 0 saturated heterocycles. The molecule has 2 N–H and O–H groups in total. The lowest BCUT2D eigenvalue weighted by atomic mass is 10.2. The maximum absolute atomic E-state index is 12.2. The Morgan fingerprint density at radius 1 is 1.14 bits per heavy atom. The molecule has 1 aromatic rings. The Morgan fingerprint density at radius 3 is 2.41 bits per heavy atom. The Labute approximate surface area is 130 Å². The summed E-state index contributed by atoms with van der Waals surface area (Å²) in [5.74, 6) is 0.353. The number of sulfone groups is 1. The van der Waals surface area contributed by atoms with Crippen molar-refractivity contribution in [3.05, 3.63) is 18.2 Å². The number of carbonyl (C=O) groups excluding carboxylic acids is 1. The third kappa shape index (κ3) is 5.19. The molecule has 0 atom stereocenters. The minimum Gasteiger partial charge on any atom is -0.493 e. The zero-order valence-corrected chi connectivity index (χ0v) is 13.5. The van der Waals surface area contributed by atoms with Gasteiger partial charge in [-0.25, -0.2) is 13.9 Å². The minimum atomic E-state index is -3.41. The molecule has 0 saturated carbocycles. The summed E-state index contributed by atoms with van der Waals surface area (Å²) < 4.78 is 34.6.